The lowest BCUT2D eigenvalue weighted by atomic mass is 9.99. The van der Waals surface area contributed by atoms with Crippen LogP contribution in [0.4, 0.5) is 10.1 Å². The van der Waals surface area contributed by atoms with Gasteiger partial charge in [-0.05, 0) is 61.3 Å². The number of piperazine rings is 1. The van der Waals surface area contributed by atoms with Crippen molar-refractivity contribution < 1.29 is 14.0 Å². The minimum Gasteiger partial charge on any atom is -0.364 e. The van der Waals surface area contributed by atoms with E-state index < -0.39 is 5.82 Å². The van der Waals surface area contributed by atoms with Crippen LogP contribution in [-0.4, -0.2) is 54.3 Å². The maximum absolute atomic E-state index is 13.5. The van der Waals surface area contributed by atoms with E-state index in [-0.39, 0.29) is 11.8 Å². The fraction of sp³-hybridized carbons (Fsp3) is 0.333. The molecule has 6 heteroatoms. The predicted molar refractivity (Wildman–Crippen MR) is 115 cm³/mol. The number of rotatable bonds is 4. The molecule has 0 unspecified atom stereocenters. The summed E-state index contributed by atoms with van der Waals surface area (Å²) in [6.07, 6.45) is 0. The molecule has 1 saturated heterocycles. The number of carbonyl (C=O) groups excluding carboxylic acids is 2. The zero-order valence-electron chi connectivity index (χ0n) is 17.6. The minimum absolute atomic E-state index is 0.343. The number of anilines is 1. The highest BCUT2D eigenvalue weighted by Crippen LogP contribution is 2.35. The van der Waals surface area contributed by atoms with E-state index in [0.717, 1.165) is 36.3 Å². The second-order valence-corrected chi connectivity index (χ2v) is 7.87. The van der Waals surface area contributed by atoms with Gasteiger partial charge in [0.15, 0.2) is 0 Å². The van der Waals surface area contributed by atoms with Crippen molar-refractivity contribution in [2.75, 3.05) is 37.6 Å². The highest BCUT2D eigenvalue weighted by molar-refractivity contribution is 6.45. The van der Waals surface area contributed by atoms with Crippen LogP contribution in [0, 0.1) is 19.7 Å². The van der Waals surface area contributed by atoms with Crippen LogP contribution in [0.2, 0.25) is 0 Å². The molecule has 2 amide bonds. The molecule has 2 aromatic rings. The highest BCUT2D eigenvalue weighted by atomic mass is 19.1. The molecule has 0 aromatic heterocycles. The van der Waals surface area contributed by atoms with Crippen molar-refractivity contribution in [2.45, 2.75) is 20.8 Å². The third kappa shape index (κ3) is 3.52. The molecule has 0 N–H and O–H groups in total. The van der Waals surface area contributed by atoms with Crippen molar-refractivity contribution in [1.29, 1.82) is 0 Å². The number of carbonyl (C=O) groups is 2. The van der Waals surface area contributed by atoms with Crippen LogP contribution in [-0.2, 0) is 9.59 Å². The second-order valence-electron chi connectivity index (χ2n) is 7.87. The van der Waals surface area contributed by atoms with Gasteiger partial charge in [0.2, 0.25) is 0 Å². The van der Waals surface area contributed by atoms with Crippen LogP contribution >= 0.6 is 0 Å². The fourth-order valence-electron chi connectivity index (χ4n) is 4.08. The maximum Gasteiger partial charge on any atom is 0.282 e. The molecule has 2 aliphatic rings. The number of aryl methyl sites for hydroxylation is 2. The first kappa shape index (κ1) is 20.3. The summed E-state index contributed by atoms with van der Waals surface area (Å²) >= 11 is 0. The van der Waals surface area contributed by atoms with Crippen molar-refractivity contribution in [3.63, 3.8) is 0 Å². The standard InChI is InChI=1S/C24H26FN3O2/c1-4-26-11-13-27(14-12-26)22-21(18-6-5-16(2)17(3)15-18)23(29)28(24(22)30)20-9-7-19(25)8-10-20/h5-10,15H,4,11-14H2,1-3H3. The number of halogens is 1. The van der Waals surface area contributed by atoms with Gasteiger partial charge in [0.1, 0.15) is 11.5 Å². The molecule has 4 rings (SSSR count). The predicted octanol–water partition coefficient (Wildman–Crippen LogP) is 3.36. The Kier molecular flexibility index (Phi) is 5.43. The van der Waals surface area contributed by atoms with Gasteiger partial charge in [-0.15, -0.1) is 0 Å². The number of amides is 2. The first-order valence-corrected chi connectivity index (χ1v) is 10.3. The Labute approximate surface area is 176 Å². The van der Waals surface area contributed by atoms with Gasteiger partial charge in [-0.2, -0.15) is 0 Å². The number of hydrogen-bond donors (Lipinski definition) is 0. The SMILES string of the molecule is CCN1CCN(C2=C(c3ccc(C)c(C)c3)C(=O)N(c3ccc(F)cc3)C2=O)CC1. The highest BCUT2D eigenvalue weighted by Gasteiger charge is 2.43. The monoisotopic (exact) mass is 407 g/mol. The van der Waals surface area contributed by atoms with Gasteiger partial charge in [-0.3, -0.25) is 9.59 Å². The zero-order chi connectivity index (χ0) is 21.4. The third-order valence-electron chi connectivity index (χ3n) is 6.08. The first-order chi connectivity index (χ1) is 14.4. The molecule has 2 heterocycles. The number of likely N-dealkylation sites (N-methyl/N-ethyl adjacent to an activating group) is 1. The van der Waals surface area contributed by atoms with E-state index in [1.807, 2.05) is 36.9 Å². The van der Waals surface area contributed by atoms with Crippen molar-refractivity contribution in [1.82, 2.24) is 9.80 Å². The Morgan fingerprint density at radius 1 is 0.867 bits per heavy atom. The second kappa shape index (κ2) is 8.03. The van der Waals surface area contributed by atoms with E-state index in [1.54, 1.807) is 0 Å². The van der Waals surface area contributed by atoms with Crippen LogP contribution in [0.5, 0.6) is 0 Å². The Hall–Kier alpha value is -2.99. The molecule has 0 saturated carbocycles. The van der Waals surface area contributed by atoms with Gasteiger partial charge >= 0.3 is 0 Å². The van der Waals surface area contributed by atoms with Gasteiger partial charge in [0.25, 0.3) is 11.8 Å². The molecule has 2 aliphatic heterocycles. The number of benzene rings is 2. The van der Waals surface area contributed by atoms with Crippen molar-refractivity contribution in [3.8, 4) is 0 Å². The van der Waals surface area contributed by atoms with E-state index >= 15 is 0 Å². The van der Waals surface area contributed by atoms with E-state index in [9.17, 15) is 14.0 Å². The normalized spacial score (nSPS) is 18.0. The summed E-state index contributed by atoms with van der Waals surface area (Å²) in [5.74, 6) is -1.11. The van der Waals surface area contributed by atoms with E-state index in [2.05, 4.69) is 11.8 Å². The van der Waals surface area contributed by atoms with Crippen molar-refractivity contribution in [3.05, 3.63) is 70.7 Å². The molecule has 2 aromatic carbocycles. The molecule has 0 radical (unpaired) electrons. The average molecular weight is 407 g/mol. The quantitative estimate of drug-likeness (QED) is 0.729. The lowest BCUT2D eigenvalue weighted by Crippen LogP contribution is -2.47. The van der Waals surface area contributed by atoms with Gasteiger partial charge in [0.05, 0.1) is 11.3 Å². The molecule has 156 valence electrons. The summed E-state index contributed by atoms with van der Waals surface area (Å²) in [6.45, 7) is 10.2. The zero-order valence-corrected chi connectivity index (χ0v) is 17.6. The Bertz CT molecular complexity index is 1020. The Morgan fingerprint density at radius 2 is 1.53 bits per heavy atom. The average Bonchev–Trinajstić information content (AvgIpc) is 3.01. The third-order valence-corrected chi connectivity index (χ3v) is 6.08. The van der Waals surface area contributed by atoms with Crippen LogP contribution < -0.4 is 4.90 Å². The summed E-state index contributed by atoms with van der Waals surface area (Å²) in [4.78, 5) is 32.5. The van der Waals surface area contributed by atoms with Crippen LogP contribution in [0.1, 0.15) is 23.6 Å². The molecule has 30 heavy (non-hydrogen) atoms. The van der Waals surface area contributed by atoms with E-state index in [1.165, 1.54) is 29.2 Å². The van der Waals surface area contributed by atoms with Crippen LogP contribution in [0.15, 0.2) is 48.2 Å². The number of nitrogens with zero attached hydrogens (tertiary/aromatic N) is 3. The lowest BCUT2D eigenvalue weighted by molar-refractivity contribution is -0.120. The number of hydrogen-bond acceptors (Lipinski definition) is 4. The van der Waals surface area contributed by atoms with Crippen LogP contribution in [0.3, 0.4) is 0 Å². The maximum atomic E-state index is 13.5. The number of imide groups is 1. The topological polar surface area (TPSA) is 43.9 Å². The molecule has 0 aliphatic carbocycles. The van der Waals surface area contributed by atoms with Gasteiger partial charge in [0, 0.05) is 26.2 Å². The molecule has 5 nitrogen and oxygen atoms in total. The molecular weight excluding hydrogens is 381 g/mol. The smallest absolute Gasteiger partial charge is 0.282 e. The van der Waals surface area contributed by atoms with Crippen molar-refractivity contribution in [2.24, 2.45) is 0 Å². The van der Waals surface area contributed by atoms with Crippen LogP contribution in [0.25, 0.3) is 5.57 Å². The van der Waals surface area contributed by atoms with Gasteiger partial charge in [-0.25, -0.2) is 9.29 Å². The molecule has 1 fully saturated rings. The summed E-state index contributed by atoms with van der Waals surface area (Å²) in [5, 5.41) is 0. The van der Waals surface area contributed by atoms with Gasteiger partial charge < -0.3 is 9.80 Å². The fourth-order valence-corrected chi connectivity index (χ4v) is 4.08. The molecule has 0 spiro atoms. The van der Waals surface area contributed by atoms with Gasteiger partial charge in [-0.1, -0.05) is 25.1 Å². The largest absolute Gasteiger partial charge is 0.364 e. The summed E-state index contributed by atoms with van der Waals surface area (Å²) in [6, 6.07) is 11.3. The van der Waals surface area contributed by atoms with E-state index in [4.69, 9.17) is 0 Å². The first-order valence-electron chi connectivity index (χ1n) is 10.3. The summed E-state index contributed by atoms with van der Waals surface area (Å²) in [5.41, 5.74) is 4.20. The Balaban J connectivity index is 1.79. The molecular formula is C24H26FN3O2. The minimum atomic E-state index is -0.406. The van der Waals surface area contributed by atoms with E-state index in [0.29, 0.717) is 30.0 Å². The summed E-state index contributed by atoms with van der Waals surface area (Å²) in [7, 11) is 0. The lowest BCUT2D eigenvalue weighted by Gasteiger charge is -2.36. The molecule has 0 bridgehead atoms. The Morgan fingerprint density at radius 3 is 2.13 bits per heavy atom. The summed E-state index contributed by atoms with van der Waals surface area (Å²) < 4.78 is 13.4. The molecule has 0 atom stereocenters. The van der Waals surface area contributed by atoms with Crippen molar-refractivity contribution >= 4 is 23.1 Å².